The Hall–Kier alpha value is -1.21. The number of likely N-dealkylation sites (N-methyl/N-ethyl adjacent to an activating group) is 1. The largest absolute Gasteiger partial charge is 0.506 e. The van der Waals surface area contributed by atoms with Crippen molar-refractivity contribution in [2.45, 2.75) is 12.7 Å². The lowest BCUT2D eigenvalue weighted by molar-refractivity contribution is -0.0488. The van der Waals surface area contributed by atoms with Gasteiger partial charge in [-0.1, -0.05) is 0 Å². The van der Waals surface area contributed by atoms with Crippen molar-refractivity contribution in [1.29, 1.82) is 0 Å². The van der Waals surface area contributed by atoms with Crippen LogP contribution in [0.4, 0.5) is 0 Å². The minimum atomic E-state index is -0.520. The summed E-state index contributed by atoms with van der Waals surface area (Å²) in [6, 6.07) is 3.57. The monoisotopic (exact) mass is 293 g/mol. The molecule has 0 atom stereocenters. The van der Waals surface area contributed by atoms with E-state index in [0.717, 1.165) is 44.8 Å². The lowest BCUT2D eigenvalue weighted by atomic mass is 10.2. The van der Waals surface area contributed by atoms with E-state index in [1.54, 1.807) is 6.07 Å². The highest BCUT2D eigenvalue weighted by atomic mass is 16.7. The van der Waals surface area contributed by atoms with Gasteiger partial charge in [-0.15, -0.1) is 0 Å². The van der Waals surface area contributed by atoms with Gasteiger partial charge in [-0.3, -0.25) is 0 Å². The topological polar surface area (TPSA) is 58.1 Å². The first-order chi connectivity index (χ1) is 10.2. The molecule has 2 fully saturated rings. The smallest absolute Gasteiger partial charge is 0.204 e. The van der Waals surface area contributed by atoms with E-state index in [1.165, 1.54) is 0 Å². The van der Waals surface area contributed by atoms with Crippen molar-refractivity contribution in [1.82, 2.24) is 14.8 Å². The Bertz CT molecular complexity index is 469. The van der Waals surface area contributed by atoms with Crippen LogP contribution in [0.15, 0.2) is 12.1 Å². The van der Waals surface area contributed by atoms with Crippen molar-refractivity contribution in [3.8, 4) is 5.75 Å². The van der Waals surface area contributed by atoms with Crippen LogP contribution in [0.5, 0.6) is 5.75 Å². The highest BCUT2D eigenvalue weighted by molar-refractivity contribution is 5.29. The number of aromatic nitrogens is 1. The van der Waals surface area contributed by atoms with E-state index < -0.39 is 6.29 Å². The molecule has 1 aromatic rings. The molecular formula is C15H23N3O3. The van der Waals surface area contributed by atoms with Crippen molar-refractivity contribution < 1.29 is 14.6 Å². The Kier molecular flexibility index (Phi) is 4.70. The molecule has 116 valence electrons. The van der Waals surface area contributed by atoms with Gasteiger partial charge in [0, 0.05) is 44.8 Å². The second-order valence-electron chi connectivity index (χ2n) is 5.68. The zero-order chi connectivity index (χ0) is 14.7. The third-order valence-corrected chi connectivity index (χ3v) is 4.09. The molecule has 0 amide bonds. The molecule has 1 aromatic heterocycles. The van der Waals surface area contributed by atoms with Crippen molar-refractivity contribution in [3.05, 3.63) is 23.5 Å². The molecule has 6 nitrogen and oxygen atoms in total. The number of rotatable bonds is 4. The maximum absolute atomic E-state index is 9.90. The summed E-state index contributed by atoms with van der Waals surface area (Å²) in [4.78, 5) is 9.32. The molecule has 0 bridgehead atoms. The SMILES string of the molecule is CN1CCN(CCc2ccc(O)c(C3OCCO3)n2)CC1. The molecule has 1 N–H and O–H groups in total. The summed E-state index contributed by atoms with van der Waals surface area (Å²) in [5.41, 5.74) is 1.48. The molecule has 0 saturated carbocycles. The fraction of sp³-hybridized carbons (Fsp3) is 0.667. The summed E-state index contributed by atoms with van der Waals surface area (Å²) in [7, 11) is 2.16. The molecule has 0 radical (unpaired) electrons. The molecule has 0 unspecified atom stereocenters. The van der Waals surface area contributed by atoms with Crippen LogP contribution in [0, 0.1) is 0 Å². The number of aromatic hydroxyl groups is 1. The molecule has 3 rings (SSSR count). The number of pyridine rings is 1. The fourth-order valence-electron chi connectivity index (χ4n) is 2.68. The fourth-order valence-corrected chi connectivity index (χ4v) is 2.68. The Morgan fingerprint density at radius 1 is 1.19 bits per heavy atom. The highest BCUT2D eigenvalue weighted by Crippen LogP contribution is 2.28. The average molecular weight is 293 g/mol. The Morgan fingerprint density at radius 3 is 2.62 bits per heavy atom. The number of nitrogens with zero attached hydrogens (tertiary/aromatic N) is 3. The van der Waals surface area contributed by atoms with Gasteiger partial charge in [0.1, 0.15) is 11.4 Å². The van der Waals surface area contributed by atoms with E-state index in [0.29, 0.717) is 18.9 Å². The maximum atomic E-state index is 9.90. The third-order valence-electron chi connectivity index (χ3n) is 4.09. The number of hydrogen-bond donors (Lipinski definition) is 1. The van der Waals surface area contributed by atoms with E-state index >= 15 is 0 Å². The minimum absolute atomic E-state index is 0.144. The Labute approximate surface area is 125 Å². The van der Waals surface area contributed by atoms with Crippen LogP contribution in [0.25, 0.3) is 0 Å². The molecule has 2 aliphatic heterocycles. The third kappa shape index (κ3) is 3.71. The average Bonchev–Trinajstić information content (AvgIpc) is 3.02. The highest BCUT2D eigenvalue weighted by Gasteiger charge is 2.23. The van der Waals surface area contributed by atoms with Gasteiger partial charge >= 0.3 is 0 Å². The van der Waals surface area contributed by atoms with Crippen LogP contribution >= 0.6 is 0 Å². The number of hydrogen-bond acceptors (Lipinski definition) is 6. The van der Waals surface area contributed by atoms with Gasteiger partial charge in [0.15, 0.2) is 0 Å². The normalized spacial score (nSPS) is 22.0. The summed E-state index contributed by atoms with van der Waals surface area (Å²) in [6.07, 6.45) is 0.359. The van der Waals surface area contributed by atoms with E-state index in [1.807, 2.05) is 6.07 Å². The van der Waals surface area contributed by atoms with Gasteiger partial charge in [0.2, 0.25) is 6.29 Å². The van der Waals surface area contributed by atoms with E-state index in [4.69, 9.17) is 9.47 Å². The van der Waals surface area contributed by atoms with Gasteiger partial charge in [-0.05, 0) is 19.2 Å². The van der Waals surface area contributed by atoms with Gasteiger partial charge in [0.25, 0.3) is 0 Å². The second-order valence-corrected chi connectivity index (χ2v) is 5.68. The van der Waals surface area contributed by atoms with E-state index in [2.05, 4.69) is 21.8 Å². The summed E-state index contributed by atoms with van der Waals surface area (Å²) in [6.45, 7) is 6.56. The first-order valence-electron chi connectivity index (χ1n) is 7.55. The quantitative estimate of drug-likeness (QED) is 0.878. The molecule has 21 heavy (non-hydrogen) atoms. The first-order valence-corrected chi connectivity index (χ1v) is 7.55. The molecule has 0 spiro atoms. The van der Waals surface area contributed by atoms with Gasteiger partial charge in [0.05, 0.1) is 13.2 Å². The summed E-state index contributed by atoms with van der Waals surface area (Å²) >= 11 is 0. The predicted molar refractivity (Wildman–Crippen MR) is 78.2 cm³/mol. The minimum Gasteiger partial charge on any atom is -0.506 e. The Morgan fingerprint density at radius 2 is 1.90 bits per heavy atom. The maximum Gasteiger partial charge on any atom is 0.204 e. The molecule has 0 aliphatic carbocycles. The van der Waals surface area contributed by atoms with Gasteiger partial charge in [-0.2, -0.15) is 0 Å². The zero-order valence-corrected chi connectivity index (χ0v) is 12.5. The lowest BCUT2D eigenvalue weighted by Crippen LogP contribution is -2.45. The molecule has 0 aromatic carbocycles. The van der Waals surface area contributed by atoms with Crippen LogP contribution in [0.3, 0.4) is 0 Å². The Balaban J connectivity index is 1.59. The number of ether oxygens (including phenoxy) is 2. The van der Waals surface area contributed by atoms with Crippen LogP contribution in [-0.2, 0) is 15.9 Å². The molecule has 2 saturated heterocycles. The van der Waals surface area contributed by atoms with Crippen LogP contribution < -0.4 is 0 Å². The first kappa shape index (κ1) is 14.7. The number of piperazine rings is 1. The van der Waals surface area contributed by atoms with Crippen molar-refractivity contribution in [2.24, 2.45) is 0 Å². The van der Waals surface area contributed by atoms with Crippen molar-refractivity contribution in [2.75, 3.05) is 53.0 Å². The molecule has 6 heteroatoms. The predicted octanol–water partition coefficient (Wildman–Crippen LogP) is 0.622. The summed E-state index contributed by atoms with van der Waals surface area (Å²) < 4.78 is 10.8. The van der Waals surface area contributed by atoms with Crippen molar-refractivity contribution in [3.63, 3.8) is 0 Å². The summed E-state index contributed by atoms with van der Waals surface area (Å²) in [5.74, 6) is 0.144. The molecule has 2 aliphatic rings. The van der Waals surface area contributed by atoms with Crippen LogP contribution in [-0.4, -0.2) is 72.9 Å². The van der Waals surface area contributed by atoms with Crippen LogP contribution in [0.1, 0.15) is 17.7 Å². The van der Waals surface area contributed by atoms with E-state index in [9.17, 15) is 5.11 Å². The van der Waals surface area contributed by atoms with Crippen LogP contribution in [0.2, 0.25) is 0 Å². The standard InChI is InChI=1S/C15H23N3O3/c1-17-6-8-18(9-7-17)5-4-12-2-3-13(19)14(16-12)15-20-10-11-21-15/h2-3,15,19H,4-11H2,1H3. The van der Waals surface area contributed by atoms with E-state index in [-0.39, 0.29) is 5.75 Å². The van der Waals surface area contributed by atoms with Gasteiger partial charge < -0.3 is 24.4 Å². The second kappa shape index (κ2) is 6.70. The lowest BCUT2D eigenvalue weighted by Gasteiger charge is -2.32. The van der Waals surface area contributed by atoms with Gasteiger partial charge in [-0.25, -0.2) is 4.98 Å². The molecular weight excluding hydrogens is 270 g/mol. The zero-order valence-electron chi connectivity index (χ0n) is 12.5. The van der Waals surface area contributed by atoms with Crippen molar-refractivity contribution >= 4 is 0 Å². The molecule has 3 heterocycles. The summed E-state index contributed by atoms with van der Waals surface area (Å²) in [5, 5.41) is 9.90.